The smallest absolute Gasteiger partial charge is 0.416 e. The summed E-state index contributed by atoms with van der Waals surface area (Å²) in [5, 5.41) is 3.58. The molecule has 0 atom stereocenters. The highest BCUT2D eigenvalue weighted by atomic mass is 32.2. The van der Waals surface area contributed by atoms with Gasteiger partial charge in [-0.2, -0.15) is 21.8 Å². The number of pyridine rings is 1. The van der Waals surface area contributed by atoms with Crippen LogP contribution >= 0.6 is 0 Å². The van der Waals surface area contributed by atoms with Gasteiger partial charge in [-0.05, 0) is 67.4 Å². The number of anilines is 2. The van der Waals surface area contributed by atoms with Crippen LogP contribution in [0.2, 0.25) is 0 Å². The highest BCUT2D eigenvalue weighted by molar-refractivity contribution is 7.89. The maximum atomic E-state index is 13.4. The van der Waals surface area contributed by atoms with E-state index in [1.165, 1.54) is 45.1 Å². The van der Waals surface area contributed by atoms with E-state index in [1.807, 2.05) is 13.8 Å². The second kappa shape index (κ2) is 12.3. The van der Waals surface area contributed by atoms with Crippen molar-refractivity contribution in [2.45, 2.75) is 36.2 Å². The van der Waals surface area contributed by atoms with Crippen LogP contribution in [0, 0.1) is 6.92 Å². The number of alkyl halides is 3. The Bertz CT molecular complexity index is 1880. The summed E-state index contributed by atoms with van der Waals surface area (Å²) in [5.41, 5.74) is 1.21. The van der Waals surface area contributed by atoms with Gasteiger partial charge >= 0.3 is 6.18 Å². The van der Waals surface area contributed by atoms with Gasteiger partial charge in [0.25, 0.3) is 0 Å². The summed E-state index contributed by atoms with van der Waals surface area (Å²) in [7, 11) is -7.77. The van der Waals surface area contributed by atoms with Crippen LogP contribution in [-0.2, 0) is 26.2 Å². The fourth-order valence-electron chi connectivity index (χ4n) is 4.86. The van der Waals surface area contributed by atoms with E-state index in [-0.39, 0.29) is 41.5 Å². The zero-order valence-corrected chi connectivity index (χ0v) is 25.6. The summed E-state index contributed by atoms with van der Waals surface area (Å²) >= 11 is 0. The van der Waals surface area contributed by atoms with Gasteiger partial charge in [0.15, 0.2) is 0 Å². The molecule has 3 aromatic carbocycles. The molecule has 9 nitrogen and oxygen atoms in total. The van der Waals surface area contributed by atoms with Crippen LogP contribution in [0.25, 0.3) is 10.9 Å². The van der Waals surface area contributed by atoms with Crippen LogP contribution in [0.3, 0.4) is 0 Å². The molecule has 234 valence electrons. The summed E-state index contributed by atoms with van der Waals surface area (Å²) in [5.74, 6) is 0.500. The fraction of sp³-hybridized carbons (Fsp3) is 0.300. The van der Waals surface area contributed by atoms with Crippen LogP contribution in [0.15, 0.2) is 82.7 Å². The Morgan fingerprint density at radius 1 is 0.841 bits per heavy atom. The highest BCUT2D eigenvalue weighted by Gasteiger charge is 2.34. The number of sulfonamides is 2. The van der Waals surface area contributed by atoms with Gasteiger partial charge in [-0.3, -0.25) is 4.98 Å². The lowest BCUT2D eigenvalue weighted by Gasteiger charge is -2.33. The molecule has 1 N–H and O–H groups in total. The molecular formula is C30H31F3N4O5S2. The van der Waals surface area contributed by atoms with Crippen molar-refractivity contribution < 1.29 is 34.7 Å². The number of aryl methyl sites for hydroxylation is 1. The van der Waals surface area contributed by atoms with E-state index in [0.29, 0.717) is 29.1 Å². The lowest BCUT2D eigenvalue weighted by Crippen LogP contribution is -2.50. The average molecular weight is 649 g/mol. The number of piperazine rings is 1. The summed E-state index contributed by atoms with van der Waals surface area (Å²) in [6.07, 6.45) is -2.32. The minimum Gasteiger partial charge on any atom is -0.493 e. The Balaban J connectivity index is 1.26. The highest BCUT2D eigenvalue weighted by Crippen LogP contribution is 2.34. The molecule has 0 bridgehead atoms. The molecule has 5 rings (SSSR count). The molecule has 44 heavy (non-hydrogen) atoms. The topological polar surface area (TPSA) is 109 Å². The summed E-state index contributed by atoms with van der Waals surface area (Å²) in [4.78, 5) is 4.17. The zero-order valence-electron chi connectivity index (χ0n) is 24.0. The number of fused-ring (bicyclic) bond motifs is 1. The third kappa shape index (κ3) is 6.53. The molecule has 0 saturated carbocycles. The molecule has 0 unspecified atom stereocenters. The van der Waals surface area contributed by atoms with Crippen molar-refractivity contribution in [2.24, 2.45) is 0 Å². The predicted octanol–water partition coefficient (Wildman–Crippen LogP) is 5.79. The number of hydrogen-bond donors (Lipinski definition) is 1. The summed E-state index contributed by atoms with van der Waals surface area (Å²) < 4.78 is 101. The quantitative estimate of drug-likeness (QED) is 0.245. The largest absolute Gasteiger partial charge is 0.493 e. The minimum atomic E-state index is -4.49. The molecule has 0 amide bonds. The van der Waals surface area contributed by atoms with Crippen molar-refractivity contribution in [3.05, 3.63) is 84.1 Å². The van der Waals surface area contributed by atoms with E-state index in [1.54, 1.807) is 24.3 Å². The predicted molar refractivity (Wildman–Crippen MR) is 161 cm³/mol. The van der Waals surface area contributed by atoms with Crippen LogP contribution in [0.4, 0.5) is 24.5 Å². The molecule has 2 heterocycles. The molecule has 0 radical (unpaired) electrons. The number of nitrogens with zero attached hydrogens (tertiary/aromatic N) is 3. The molecular weight excluding hydrogens is 617 g/mol. The average Bonchev–Trinajstić information content (AvgIpc) is 3.00. The third-order valence-corrected chi connectivity index (χ3v) is 11.1. The first-order chi connectivity index (χ1) is 20.8. The number of rotatable bonds is 9. The molecule has 0 spiro atoms. The first-order valence-electron chi connectivity index (χ1n) is 13.9. The zero-order chi connectivity index (χ0) is 31.7. The first-order valence-corrected chi connectivity index (χ1v) is 16.8. The second-order valence-corrected chi connectivity index (χ2v) is 14.2. The molecule has 1 fully saturated rings. The van der Waals surface area contributed by atoms with Gasteiger partial charge in [0, 0.05) is 55.2 Å². The van der Waals surface area contributed by atoms with Gasteiger partial charge in [0.1, 0.15) is 5.75 Å². The van der Waals surface area contributed by atoms with Crippen molar-refractivity contribution >= 4 is 42.3 Å². The number of nitrogens with one attached hydrogen (secondary N) is 1. The Kier molecular flexibility index (Phi) is 8.89. The van der Waals surface area contributed by atoms with Crippen LogP contribution < -0.4 is 10.1 Å². The molecule has 0 aliphatic carbocycles. The van der Waals surface area contributed by atoms with E-state index in [2.05, 4.69) is 10.3 Å². The Morgan fingerprint density at radius 3 is 2.07 bits per heavy atom. The van der Waals surface area contributed by atoms with Crippen LogP contribution in [0.5, 0.6) is 5.75 Å². The van der Waals surface area contributed by atoms with Gasteiger partial charge < -0.3 is 10.1 Å². The molecule has 1 aromatic heterocycles. The molecule has 14 heteroatoms. The van der Waals surface area contributed by atoms with E-state index >= 15 is 0 Å². The van der Waals surface area contributed by atoms with Gasteiger partial charge in [-0.1, -0.05) is 19.1 Å². The van der Waals surface area contributed by atoms with Gasteiger partial charge in [-0.25, -0.2) is 16.8 Å². The maximum absolute atomic E-state index is 13.4. The van der Waals surface area contributed by atoms with Crippen molar-refractivity contribution in [2.75, 3.05) is 38.1 Å². The van der Waals surface area contributed by atoms with Crippen LogP contribution in [0.1, 0.15) is 24.5 Å². The summed E-state index contributed by atoms with van der Waals surface area (Å²) in [6.45, 7) is 4.21. The Labute approximate surface area is 254 Å². The SMILES string of the molecule is CCCOc1cc(S(=O)(=O)N2CCN(S(=O)(=O)c3ccc(Nc4ccnc5cc(C(F)(F)F)ccc45)cc3)CC2)ccc1C. The van der Waals surface area contributed by atoms with Gasteiger partial charge in [-0.15, -0.1) is 0 Å². The van der Waals surface area contributed by atoms with Gasteiger partial charge in [0.2, 0.25) is 20.0 Å². The van der Waals surface area contributed by atoms with Gasteiger partial charge in [0.05, 0.1) is 27.5 Å². The number of halogens is 3. The lowest BCUT2D eigenvalue weighted by atomic mass is 10.1. The standard InChI is InChI=1S/C30H31F3N4O5S2/c1-3-18-42-29-20-25(8-4-21(29)2)44(40,41)37-16-14-36(15-17-37)43(38,39)24-9-6-23(7-10-24)35-27-12-13-34-28-19-22(30(31,32)33)5-11-26(27)28/h4-13,19-20H,3,14-18H2,1-2H3,(H,34,35). The number of aromatic nitrogens is 1. The normalized spacial score (nSPS) is 15.4. The second-order valence-electron chi connectivity index (χ2n) is 10.3. The molecule has 1 saturated heterocycles. The number of ether oxygens (including phenoxy) is 1. The van der Waals surface area contributed by atoms with Crippen molar-refractivity contribution in [3.63, 3.8) is 0 Å². The Morgan fingerprint density at radius 2 is 1.45 bits per heavy atom. The van der Waals surface area contributed by atoms with E-state index in [0.717, 1.165) is 24.1 Å². The van der Waals surface area contributed by atoms with Crippen LogP contribution in [-0.4, -0.2) is 63.2 Å². The number of benzene rings is 3. The minimum absolute atomic E-state index is 0.00853. The fourth-order valence-corrected chi connectivity index (χ4v) is 7.72. The molecule has 1 aliphatic heterocycles. The van der Waals surface area contributed by atoms with E-state index < -0.39 is 31.8 Å². The third-order valence-electron chi connectivity index (χ3n) is 7.30. The first kappa shape index (κ1) is 31.7. The Hall–Kier alpha value is -3.72. The van der Waals surface area contributed by atoms with E-state index in [4.69, 9.17) is 4.74 Å². The van der Waals surface area contributed by atoms with Crippen molar-refractivity contribution in [1.82, 2.24) is 13.6 Å². The summed E-state index contributed by atoms with van der Waals surface area (Å²) in [6, 6.07) is 15.6. The van der Waals surface area contributed by atoms with Crippen molar-refractivity contribution in [3.8, 4) is 5.75 Å². The molecule has 1 aliphatic rings. The van der Waals surface area contributed by atoms with E-state index in [9.17, 15) is 30.0 Å². The van der Waals surface area contributed by atoms with Crippen molar-refractivity contribution in [1.29, 1.82) is 0 Å². The molecule has 4 aromatic rings. The lowest BCUT2D eigenvalue weighted by molar-refractivity contribution is -0.137. The monoisotopic (exact) mass is 648 g/mol. The maximum Gasteiger partial charge on any atom is 0.416 e. The number of hydrogen-bond acceptors (Lipinski definition) is 7.